The van der Waals surface area contributed by atoms with Crippen LogP contribution in [0, 0.1) is 11.7 Å². The van der Waals surface area contributed by atoms with Crippen LogP contribution < -0.4 is 15.8 Å². The number of fused-ring (bicyclic) bond motifs is 1. The summed E-state index contributed by atoms with van der Waals surface area (Å²) in [5, 5.41) is 2.36. The van der Waals surface area contributed by atoms with Gasteiger partial charge in [-0.3, -0.25) is 9.18 Å². The van der Waals surface area contributed by atoms with Crippen LogP contribution in [0.2, 0.25) is 5.02 Å². The van der Waals surface area contributed by atoms with E-state index in [9.17, 15) is 13.6 Å². The van der Waals surface area contributed by atoms with Gasteiger partial charge in [-0.15, -0.1) is 0 Å². The van der Waals surface area contributed by atoms with Gasteiger partial charge in [-0.25, -0.2) is 19.4 Å². The number of carbonyl (C=O) groups is 1. The summed E-state index contributed by atoms with van der Waals surface area (Å²) in [7, 11) is 1.42. The average molecular weight is 438 g/mol. The van der Waals surface area contributed by atoms with E-state index < -0.39 is 23.9 Å². The fourth-order valence-corrected chi connectivity index (χ4v) is 4.03. The summed E-state index contributed by atoms with van der Waals surface area (Å²) in [4.78, 5) is 24.7. The number of amidine groups is 1. The van der Waals surface area contributed by atoms with Crippen LogP contribution in [0.3, 0.4) is 0 Å². The van der Waals surface area contributed by atoms with E-state index in [0.717, 1.165) is 6.07 Å². The molecule has 4 rings (SSSR count). The Labute approximate surface area is 175 Å². The molecule has 1 aromatic carbocycles. The predicted octanol–water partition coefficient (Wildman–Crippen LogP) is 2.82. The molecule has 2 aliphatic rings. The van der Waals surface area contributed by atoms with Crippen LogP contribution in [0.15, 0.2) is 29.5 Å². The van der Waals surface area contributed by atoms with Gasteiger partial charge in [0.2, 0.25) is 5.88 Å². The monoisotopic (exact) mass is 437 g/mol. The minimum absolute atomic E-state index is 0.00164. The van der Waals surface area contributed by atoms with E-state index in [0.29, 0.717) is 6.42 Å². The van der Waals surface area contributed by atoms with E-state index in [1.807, 2.05) is 0 Å². The number of aliphatic imine (C=N–C) groups is 1. The Morgan fingerprint density at radius 2 is 2.23 bits per heavy atom. The molecule has 11 heteroatoms. The number of hydrogen-bond acceptors (Lipinski definition) is 7. The number of halogens is 3. The largest absolute Gasteiger partial charge is 0.480 e. The van der Waals surface area contributed by atoms with Crippen LogP contribution in [-0.2, 0) is 10.3 Å². The fourth-order valence-electron chi connectivity index (χ4n) is 3.76. The Hall–Kier alpha value is -3.01. The van der Waals surface area contributed by atoms with Crippen molar-refractivity contribution >= 4 is 29.2 Å². The van der Waals surface area contributed by atoms with Gasteiger partial charge in [0.05, 0.1) is 31.2 Å². The molecular formula is C19H18ClF2N5O3. The second-order valence-electron chi connectivity index (χ2n) is 7.03. The molecule has 0 unspecified atom stereocenters. The van der Waals surface area contributed by atoms with Gasteiger partial charge in [0.1, 0.15) is 23.2 Å². The van der Waals surface area contributed by atoms with Crippen molar-refractivity contribution in [2.24, 2.45) is 16.6 Å². The lowest BCUT2D eigenvalue weighted by atomic mass is 9.82. The van der Waals surface area contributed by atoms with Gasteiger partial charge in [0, 0.05) is 23.6 Å². The van der Waals surface area contributed by atoms with Crippen molar-refractivity contribution in [2.75, 3.05) is 19.1 Å². The lowest BCUT2D eigenvalue weighted by Crippen LogP contribution is -2.38. The fraction of sp³-hybridized carbons (Fsp3) is 0.368. The van der Waals surface area contributed by atoms with Gasteiger partial charge in [-0.2, -0.15) is 0 Å². The number of alkyl halides is 1. The van der Waals surface area contributed by atoms with Crippen molar-refractivity contribution in [1.82, 2.24) is 9.97 Å². The van der Waals surface area contributed by atoms with Gasteiger partial charge in [-0.1, -0.05) is 11.6 Å². The minimum Gasteiger partial charge on any atom is -0.480 e. The Morgan fingerprint density at radius 1 is 1.43 bits per heavy atom. The molecule has 1 fully saturated rings. The van der Waals surface area contributed by atoms with Gasteiger partial charge < -0.3 is 20.5 Å². The van der Waals surface area contributed by atoms with Crippen LogP contribution >= 0.6 is 11.6 Å². The average Bonchev–Trinajstić information content (AvgIpc) is 3.50. The highest BCUT2D eigenvalue weighted by Crippen LogP contribution is 2.56. The SMILES string of the molecule is COc1cnc(C(=O)Nc2cc(F)c(Cl)c([C@]3(CCF)N=C(N)O[C@H]4C[C@H]43)c2)cn1. The van der Waals surface area contributed by atoms with Crippen LogP contribution in [0.4, 0.5) is 14.5 Å². The number of methoxy groups -OCH3 is 1. The summed E-state index contributed by atoms with van der Waals surface area (Å²) in [5.41, 5.74) is 4.97. The highest BCUT2D eigenvalue weighted by Gasteiger charge is 2.59. The quantitative estimate of drug-likeness (QED) is 0.718. The third kappa shape index (κ3) is 3.51. The first kappa shape index (κ1) is 20.3. The third-order valence-corrected chi connectivity index (χ3v) is 5.61. The second-order valence-corrected chi connectivity index (χ2v) is 7.41. The van der Waals surface area contributed by atoms with E-state index in [4.69, 9.17) is 26.8 Å². The summed E-state index contributed by atoms with van der Waals surface area (Å²) >= 11 is 6.24. The Kier molecular flexibility index (Phi) is 5.19. The number of nitrogens with one attached hydrogen (secondary N) is 1. The maximum atomic E-state index is 14.7. The molecule has 1 aliphatic heterocycles. The normalized spacial score (nSPS) is 24.3. The van der Waals surface area contributed by atoms with Crippen LogP contribution in [0.25, 0.3) is 0 Å². The van der Waals surface area contributed by atoms with E-state index in [2.05, 4.69) is 20.3 Å². The number of anilines is 1. The zero-order valence-corrected chi connectivity index (χ0v) is 16.6. The highest BCUT2D eigenvalue weighted by atomic mass is 35.5. The first-order valence-electron chi connectivity index (χ1n) is 9.13. The number of nitrogens with two attached hydrogens (primary N) is 1. The number of ether oxygens (including phenoxy) is 2. The Balaban J connectivity index is 1.70. The molecule has 8 nitrogen and oxygen atoms in total. The predicted molar refractivity (Wildman–Crippen MR) is 105 cm³/mol. The van der Waals surface area contributed by atoms with Crippen molar-refractivity contribution < 1.29 is 23.0 Å². The highest BCUT2D eigenvalue weighted by molar-refractivity contribution is 6.31. The van der Waals surface area contributed by atoms with Crippen molar-refractivity contribution in [2.45, 2.75) is 24.5 Å². The molecule has 3 N–H and O–H groups in total. The molecule has 1 amide bonds. The topological polar surface area (TPSA) is 112 Å². The molecule has 0 bridgehead atoms. The summed E-state index contributed by atoms with van der Waals surface area (Å²) in [6, 6.07) is 2.45. The maximum absolute atomic E-state index is 14.7. The maximum Gasteiger partial charge on any atom is 0.283 e. The number of amides is 1. The van der Waals surface area contributed by atoms with Crippen LogP contribution in [0.1, 0.15) is 28.9 Å². The molecule has 2 aromatic rings. The van der Waals surface area contributed by atoms with E-state index in [1.54, 1.807) is 0 Å². The first-order chi connectivity index (χ1) is 14.4. The molecule has 158 valence electrons. The zero-order valence-electron chi connectivity index (χ0n) is 15.9. The molecule has 1 saturated carbocycles. The second kappa shape index (κ2) is 7.67. The van der Waals surface area contributed by atoms with Crippen molar-refractivity contribution in [1.29, 1.82) is 0 Å². The molecule has 0 radical (unpaired) electrons. The number of rotatable bonds is 6. The van der Waals surface area contributed by atoms with Gasteiger partial charge in [-0.05, 0) is 18.6 Å². The number of carbonyl (C=O) groups excluding carboxylic acids is 1. The van der Waals surface area contributed by atoms with E-state index in [-0.39, 0.29) is 52.3 Å². The lowest BCUT2D eigenvalue weighted by Gasteiger charge is -2.34. The summed E-state index contributed by atoms with van der Waals surface area (Å²) in [5.74, 6) is -1.33. The molecular weight excluding hydrogens is 420 g/mol. The molecule has 1 aliphatic carbocycles. The van der Waals surface area contributed by atoms with Crippen molar-refractivity contribution in [3.05, 3.63) is 46.6 Å². The Morgan fingerprint density at radius 3 is 2.90 bits per heavy atom. The molecule has 30 heavy (non-hydrogen) atoms. The number of nitrogens with zero attached hydrogens (tertiary/aromatic N) is 3. The van der Waals surface area contributed by atoms with E-state index >= 15 is 0 Å². The zero-order chi connectivity index (χ0) is 21.5. The smallest absolute Gasteiger partial charge is 0.283 e. The van der Waals surface area contributed by atoms with Crippen molar-refractivity contribution in [3.63, 3.8) is 0 Å². The summed E-state index contributed by atoms with van der Waals surface area (Å²) < 4.78 is 38.4. The van der Waals surface area contributed by atoms with Crippen molar-refractivity contribution in [3.8, 4) is 5.88 Å². The standard InChI is InChI=1S/C19H18ClF2N5O3/c1-29-15-8-24-13(7-25-15)17(28)26-9-4-11(16(20)12(22)5-9)19(2-3-21)10-6-14(10)30-18(23)27-19/h4-5,7-8,10,14H,2-3,6H2,1H3,(H2,23,27)(H,26,28)/t10-,14+,19-/m1/s1. The lowest BCUT2D eigenvalue weighted by molar-refractivity contribution is 0.102. The van der Waals surface area contributed by atoms with Gasteiger partial charge in [0.15, 0.2) is 0 Å². The molecule has 2 heterocycles. The number of aromatic nitrogens is 2. The number of hydrogen-bond donors (Lipinski definition) is 2. The number of benzene rings is 1. The third-order valence-electron chi connectivity index (χ3n) is 5.23. The Bertz CT molecular complexity index is 1020. The van der Waals surface area contributed by atoms with Crippen LogP contribution in [-0.4, -0.2) is 41.8 Å². The molecule has 0 spiro atoms. The minimum atomic E-state index is -1.17. The molecule has 1 aromatic heterocycles. The molecule has 3 atom stereocenters. The first-order valence-corrected chi connectivity index (χ1v) is 9.50. The van der Waals surface area contributed by atoms with Gasteiger partial charge in [0.25, 0.3) is 11.9 Å². The summed E-state index contributed by atoms with van der Waals surface area (Å²) in [6.07, 6.45) is 2.84. The molecule has 0 saturated heterocycles. The van der Waals surface area contributed by atoms with Crippen LogP contribution in [0.5, 0.6) is 5.88 Å². The van der Waals surface area contributed by atoms with Gasteiger partial charge >= 0.3 is 0 Å². The van der Waals surface area contributed by atoms with E-state index in [1.165, 1.54) is 25.6 Å². The summed E-state index contributed by atoms with van der Waals surface area (Å²) in [6.45, 7) is -0.712.